The van der Waals surface area contributed by atoms with E-state index in [1.807, 2.05) is 28.8 Å². The molecule has 10 nitrogen and oxygen atoms in total. The fraction of sp³-hybridized carbons (Fsp3) is 0.304. The summed E-state index contributed by atoms with van der Waals surface area (Å²) >= 11 is 1.37. The molecule has 3 amide bonds. The van der Waals surface area contributed by atoms with Crippen LogP contribution in [-0.2, 0) is 16.1 Å². The first kappa shape index (κ1) is 22.1. The van der Waals surface area contributed by atoms with Crippen molar-refractivity contribution < 1.29 is 14.4 Å². The quantitative estimate of drug-likeness (QED) is 0.558. The average molecular weight is 478 g/mol. The predicted molar refractivity (Wildman–Crippen MR) is 128 cm³/mol. The Morgan fingerprint density at radius 2 is 1.85 bits per heavy atom. The van der Waals surface area contributed by atoms with Gasteiger partial charge in [-0.05, 0) is 49.2 Å². The average Bonchev–Trinajstić information content (AvgIpc) is 3.59. The molecule has 4 heterocycles. The zero-order chi connectivity index (χ0) is 23.5. The molecule has 1 fully saturated rings. The van der Waals surface area contributed by atoms with E-state index in [0.29, 0.717) is 22.7 Å². The summed E-state index contributed by atoms with van der Waals surface area (Å²) in [4.78, 5) is 43.4. The molecule has 2 N–H and O–H groups in total. The number of rotatable bonds is 6. The molecule has 0 spiro atoms. The number of fused-ring (bicyclic) bond motifs is 1. The highest BCUT2D eigenvalue weighted by atomic mass is 32.2. The third-order valence-electron chi connectivity index (χ3n) is 5.70. The van der Waals surface area contributed by atoms with Gasteiger partial charge in [0.05, 0.1) is 6.54 Å². The lowest BCUT2D eigenvalue weighted by molar-refractivity contribution is -0.121. The molecule has 5 rings (SSSR count). The van der Waals surface area contributed by atoms with Crippen LogP contribution in [0.2, 0.25) is 0 Å². The second-order valence-corrected chi connectivity index (χ2v) is 9.26. The summed E-state index contributed by atoms with van der Waals surface area (Å²) in [5, 5.41) is 14.0. The van der Waals surface area contributed by atoms with E-state index in [1.54, 1.807) is 24.3 Å². The summed E-state index contributed by atoms with van der Waals surface area (Å²) in [7, 11) is 0. The number of thioether (sulfide) groups is 1. The Bertz CT molecular complexity index is 1270. The Morgan fingerprint density at radius 1 is 1.06 bits per heavy atom. The standard InChI is InChI=1S/C23H23N7O3S/c31-20(13-17-22(33)26-23(34-17)29-10-3-4-11-29)25-16-8-6-15(7-9-16)21(32)24-14-19-28-27-18-5-1-2-12-30(18)19/h1-2,5-9,12,17H,3-4,10-11,13-14H2,(H,24,32)(H,25,31). The van der Waals surface area contributed by atoms with Gasteiger partial charge in [-0.2, -0.15) is 4.99 Å². The van der Waals surface area contributed by atoms with Gasteiger partial charge in [0, 0.05) is 37.0 Å². The molecule has 1 saturated heterocycles. The van der Waals surface area contributed by atoms with Crippen molar-refractivity contribution in [3.63, 3.8) is 0 Å². The van der Waals surface area contributed by atoms with Gasteiger partial charge in [0.25, 0.3) is 11.8 Å². The van der Waals surface area contributed by atoms with Crippen LogP contribution in [0.5, 0.6) is 0 Å². The normalized spacial score (nSPS) is 17.8. The van der Waals surface area contributed by atoms with Crippen LogP contribution in [0, 0.1) is 0 Å². The maximum Gasteiger partial charge on any atom is 0.262 e. The van der Waals surface area contributed by atoms with Gasteiger partial charge in [0.15, 0.2) is 16.6 Å². The van der Waals surface area contributed by atoms with E-state index < -0.39 is 5.25 Å². The highest BCUT2D eigenvalue weighted by Crippen LogP contribution is 2.29. The van der Waals surface area contributed by atoms with Crippen molar-refractivity contribution in [2.45, 2.75) is 31.1 Å². The van der Waals surface area contributed by atoms with Crippen LogP contribution in [0.25, 0.3) is 5.65 Å². The van der Waals surface area contributed by atoms with Crippen molar-refractivity contribution >= 4 is 46.0 Å². The zero-order valence-corrected chi connectivity index (χ0v) is 19.1. The van der Waals surface area contributed by atoms with Gasteiger partial charge in [-0.1, -0.05) is 17.8 Å². The Morgan fingerprint density at radius 3 is 2.65 bits per heavy atom. The second kappa shape index (κ2) is 9.64. The number of aliphatic imine (C=N–C) groups is 1. The Hall–Kier alpha value is -3.73. The topological polar surface area (TPSA) is 121 Å². The number of amidine groups is 1. The molecule has 174 valence electrons. The molecule has 11 heteroatoms. The molecule has 2 aliphatic heterocycles. The van der Waals surface area contributed by atoms with Crippen LogP contribution < -0.4 is 10.6 Å². The lowest BCUT2D eigenvalue weighted by Gasteiger charge is -2.16. The van der Waals surface area contributed by atoms with Crippen molar-refractivity contribution in [2.75, 3.05) is 18.4 Å². The van der Waals surface area contributed by atoms with Gasteiger partial charge >= 0.3 is 0 Å². The van der Waals surface area contributed by atoms with Crippen molar-refractivity contribution in [3.05, 3.63) is 60.0 Å². The number of hydrogen-bond acceptors (Lipinski definition) is 7. The second-order valence-electron chi connectivity index (χ2n) is 8.09. The smallest absolute Gasteiger partial charge is 0.262 e. The van der Waals surface area contributed by atoms with Crippen LogP contribution in [0.1, 0.15) is 35.4 Å². The van der Waals surface area contributed by atoms with E-state index in [-0.39, 0.29) is 30.7 Å². The number of amides is 3. The van der Waals surface area contributed by atoms with E-state index in [4.69, 9.17) is 0 Å². The minimum Gasteiger partial charge on any atom is -0.351 e. The Kier molecular flexibility index (Phi) is 6.26. The summed E-state index contributed by atoms with van der Waals surface area (Å²) < 4.78 is 1.81. The van der Waals surface area contributed by atoms with Gasteiger partial charge in [-0.3, -0.25) is 18.8 Å². The minimum atomic E-state index is -0.492. The van der Waals surface area contributed by atoms with Crippen LogP contribution in [-0.4, -0.2) is 60.7 Å². The number of nitrogens with one attached hydrogen (secondary N) is 2. The van der Waals surface area contributed by atoms with Gasteiger partial charge in [-0.25, -0.2) is 0 Å². The number of anilines is 1. The monoisotopic (exact) mass is 477 g/mol. The highest BCUT2D eigenvalue weighted by Gasteiger charge is 2.33. The lowest BCUT2D eigenvalue weighted by atomic mass is 10.2. The van der Waals surface area contributed by atoms with Crippen LogP contribution in [0.15, 0.2) is 53.7 Å². The van der Waals surface area contributed by atoms with Gasteiger partial charge in [-0.15, -0.1) is 10.2 Å². The molecule has 1 unspecified atom stereocenters. The molecule has 34 heavy (non-hydrogen) atoms. The van der Waals surface area contributed by atoms with E-state index >= 15 is 0 Å². The number of carbonyl (C=O) groups excluding carboxylic acids is 3. The molecule has 0 saturated carbocycles. The summed E-state index contributed by atoms with van der Waals surface area (Å²) in [5.41, 5.74) is 1.72. The molecule has 2 aliphatic rings. The number of benzene rings is 1. The molecule has 3 aromatic rings. The number of nitrogens with zero attached hydrogens (tertiary/aromatic N) is 5. The molecule has 1 aromatic carbocycles. The molecule has 0 aliphatic carbocycles. The number of aromatic nitrogens is 3. The number of likely N-dealkylation sites (tertiary alicyclic amines) is 1. The molecular weight excluding hydrogens is 454 g/mol. The third kappa shape index (κ3) is 4.79. The van der Waals surface area contributed by atoms with Gasteiger partial charge in [0.2, 0.25) is 5.91 Å². The predicted octanol–water partition coefficient (Wildman–Crippen LogP) is 2.08. The fourth-order valence-electron chi connectivity index (χ4n) is 3.91. The number of hydrogen-bond donors (Lipinski definition) is 2. The maximum atomic E-state index is 12.5. The molecule has 2 aromatic heterocycles. The van der Waals surface area contributed by atoms with E-state index in [2.05, 4.69) is 30.7 Å². The van der Waals surface area contributed by atoms with Gasteiger partial charge < -0.3 is 15.5 Å². The summed E-state index contributed by atoms with van der Waals surface area (Å²) in [6.45, 7) is 2.05. The minimum absolute atomic E-state index is 0.0544. The van der Waals surface area contributed by atoms with Crippen molar-refractivity contribution in [1.82, 2.24) is 24.8 Å². The molecule has 0 radical (unpaired) electrons. The Labute approximate surface area is 199 Å². The van der Waals surface area contributed by atoms with Gasteiger partial charge in [0.1, 0.15) is 5.25 Å². The van der Waals surface area contributed by atoms with Crippen molar-refractivity contribution in [2.24, 2.45) is 4.99 Å². The van der Waals surface area contributed by atoms with E-state index in [0.717, 1.165) is 31.1 Å². The lowest BCUT2D eigenvalue weighted by Crippen LogP contribution is -2.25. The summed E-state index contributed by atoms with van der Waals surface area (Å²) in [6.07, 6.45) is 4.10. The number of pyridine rings is 1. The number of carbonyl (C=O) groups is 3. The third-order valence-corrected chi connectivity index (χ3v) is 6.91. The SMILES string of the molecule is O=C(CC1SC(N2CCCC2)=NC1=O)Nc1ccc(C(=O)NCc2nnc3ccccn23)cc1. The largest absolute Gasteiger partial charge is 0.351 e. The first-order valence-corrected chi connectivity index (χ1v) is 12.0. The molecular formula is C23H23N7O3S. The first-order chi connectivity index (χ1) is 16.6. The highest BCUT2D eigenvalue weighted by molar-refractivity contribution is 8.15. The van der Waals surface area contributed by atoms with Crippen molar-refractivity contribution in [1.29, 1.82) is 0 Å². The van der Waals surface area contributed by atoms with Crippen LogP contribution in [0.4, 0.5) is 5.69 Å². The van der Waals surface area contributed by atoms with E-state index in [1.165, 1.54) is 11.8 Å². The molecule has 0 bridgehead atoms. The van der Waals surface area contributed by atoms with E-state index in [9.17, 15) is 14.4 Å². The van der Waals surface area contributed by atoms with Crippen LogP contribution in [0.3, 0.4) is 0 Å². The van der Waals surface area contributed by atoms with Crippen molar-refractivity contribution in [3.8, 4) is 0 Å². The maximum absolute atomic E-state index is 12.5. The first-order valence-electron chi connectivity index (χ1n) is 11.1. The molecule has 1 atom stereocenters. The van der Waals surface area contributed by atoms with Crippen LogP contribution >= 0.6 is 11.8 Å². The zero-order valence-electron chi connectivity index (χ0n) is 18.3. The Balaban J connectivity index is 1.12. The fourth-order valence-corrected chi connectivity index (χ4v) is 5.03. The summed E-state index contributed by atoms with van der Waals surface area (Å²) in [5.74, 6) is -0.150. The summed E-state index contributed by atoms with van der Waals surface area (Å²) in [6, 6.07) is 12.2.